The van der Waals surface area contributed by atoms with Gasteiger partial charge in [-0.05, 0) is 44.0 Å². The van der Waals surface area contributed by atoms with Crippen LogP contribution in [0.5, 0.6) is 0 Å². The number of hydrogen-bond acceptors (Lipinski definition) is 6. The molecule has 0 spiro atoms. The summed E-state index contributed by atoms with van der Waals surface area (Å²) >= 11 is 1.43. The van der Waals surface area contributed by atoms with E-state index < -0.39 is 0 Å². The number of nitrogens with one attached hydrogen (secondary N) is 1. The maximum absolute atomic E-state index is 12.4. The number of aromatic nitrogens is 4. The van der Waals surface area contributed by atoms with Gasteiger partial charge in [-0.1, -0.05) is 11.8 Å². The van der Waals surface area contributed by atoms with Gasteiger partial charge in [0, 0.05) is 24.0 Å². The molecular formula is C18H19N5O2S. The first-order chi connectivity index (χ1) is 12.7. The standard InChI is InChI=1S/C18H19N5O2S/c1-12(17(24)20-11-15-3-2-10-25-15)26-18-22-21-16(23(18)14-4-5-14)13-6-8-19-9-7-13/h2-3,6-10,12,14H,4-5,11H2,1H3,(H,20,24). The van der Waals surface area contributed by atoms with E-state index in [1.54, 1.807) is 24.7 Å². The molecule has 1 saturated carbocycles. The molecule has 0 saturated heterocycles. The maximum Gasteiger partial charge on any atom is 0.233 e. The minimum atomic E-state index is -0.281. The number of carbonyl (C=O) groups excluding carboxylic acids is 1. The summed E-state index contributed by atoms with van der Waals surface area (Å²) in [6, 6.07) is 7.91. The van der Waals surface area contributed by atoms with Gasteiger partial charge in [-0.25, -0.2) is 0 Å². The second kappa shape index (κ2) is 7.33. The van der Waals surface area contributed by atoms with Crippen molar-refractivity contribution in [2.24, 2.45) is 0 Å². The number of furan rings is 1. The smallest absolute Gasteiger partial charge is 0.233 e. The van der Waals surface area contributed by atoms with Crippen molar-refractivity contribution in [1.82, 2.24) is 25.1 Å². The number of thioether (sulfide) groups is 1. The van der Waals surface area contributed by atoms with E-state index in [-0.39, 0.29) is 11.2 Å². The highest BCUT2D eigenvalue weighted by Crippen LogP contribution is 2.41. The van der Waals surface area contributed by atoms with E-state index >= 15 is 0 Å². The van der Waals surface area contributed by atoms with Gasteiger partial charge < -0.3 is 9.73 Å². The van der Waals surface area contributed by atoms with Crippen molar-refractivity contribution in [2.45, 2.75) is 42.8 Å². The summed E-state index contributed by atoms with van der Waals surface area (Å²) in [7, 11) is 0. The van der Waals surface area contributed by atoms with E-state index in [4.69, 9.17) is 4.42 Å². The molecule has 1 atom stereocenters. The Kier molecular flexibility index (Phi) is 4.75. The minimum absolute atomic E-state index is 0.0535. The van der Waals surface area contributed by atoms with Crippen LogP contribution in [0.4, 0.5) is 0 Å². The molecule has 1 aliphatic carbocycles. The SMILES string of the molecule is CC(Sc1nnc(-c2ccncc2)n1C1CC1)C(=O)NCc1ccco1. The highest BCUT2D eigenvalue weighted by Gasteiger charge is 2.31. The molecule has 4 rings (SSSR count). The van der Waals surface area contributed by atoms with Gasteiger partial charge in [0.25, 0.3) is 0 Å². The quantitative estimate of drug-likeness (QED) is 0.644. The average Bonchev–Trinajstić information content (AvgIpc) is 3.20. The van der Waals surface area contributed by atoms with Crippen LogP contribution in [-0.2, 0) is 11.3 Å². The summed E-state index contributed by atoms with van der Waals surface area (Å²) in [4.78, 5) is 16.4. The zero-order valence-corrected chi connectivity index (χ0v) is 15.1. The molecule has 1 amide bonds. The highest BCUT2D eigenvalue weighted by atomic mass is 32.2. The van der Waals surface area contributed by atoms with Crippen LogP contribution in [0.1, 0.15) is 31.6 Å². The van der Waals surface area contributed by atoms with E-state index in [0.29, 0.717) is 12.6 Å². The molecule has 0 bridgehead atoms. The number of amides is 1. The van der Waals surface area contributed by atoms with Gasteiger partial charge in [0.05, 0.1) is 18.1 Å². The molecular weight excluding hydrogens is 350 g/mol. The second-order valence-corrected chi connectivity index (χ2v) is 7.51. The van der Waals surface area contributed by atoms with E-state index in [2.05, 4.69) is 25.1 Å². The van der Waals surface area contributed by atoms with Crippen LogP contribution in [0, 0.1) is 0 Å². The van der Waals surface area contributed by atoms with Crippen LogP contribution in [-0.4, -0.2) is 30.9 Å². The van der Waals surface area contributed by atoms with Gasteiger partial charge in [0.1, 0.15) is 5.76 Å². The van der Waals surface area contributed by atoms with Crippen molar-refractivity contribution < 1.29 is 9.21 Å². The van der Waals surface area contributed by atoms with E-state index in [1.807, 2.05) is 25.1 Å². The normalized spacial score (nSPS) is 15.0. The molecule has 8 heteroatoms. The Balaban J connectivity index is 1.47. The second-order valence-electron chi connectivity index (χ2n) is 6.20. The predicted molar refractivity (Wildman–Crippen MR) is 97.4 cm³/mol. The van der Waals surface area contributed by atoms with Gasteiger partial charge in [0.15, 0.2) is 11.0 Å². The van der Waals surface area contributed by atoms with Crippen LogP contribution >= 0.6 is 11.8 Å². The predicted octanol–water partition coefficient (Wildman–Crippen LogP) is 3.07. The van der Waals surface area contributed by atoms with E-state index in [9.17, 15) is 4.79 Å². The largest absolute Gasteiger partial charge is 0.467 e. The maximum atomic E-state index is 12.4. The highest BCUT2D eigenvalue weighted by molar-refractivity contribution is 8.00. The van der Waals surface area contributed by atoms with Gasteiger partial charge in [-0.15, -0.1) is 10.2 Å². The Labute approximate surface area is 155 Å². The molecule has 1 fully saturated rings. The molecule has 26 heavy (non-hydrogen) atoms. The molecule has 134 valence electrons. The van der Waals surface area contributed by atoms with Crippen molar-refractivity contribution in [3.05, 3.63) is 48.7 Å². The Morgan fingerprint density at radius 2 is 2.15 bits per heavy atom. The van der Waals surface area contributed by atoms with Crippen molar-refractivity contribution in [2.75, 3.05) is 0 Å². The molecule has 3 heterocycles. The lowest BCUT2D eigenvalue weighted by Gasteiger charge is -2.13. The van der Waals surface area contributed by atoms with Crippen molar-refractivity contribution in [1.29, 1.82) is 0 Å². The fourth-order valence-corrected chi connectivity index (χ4v) is 3.60. The monoisotopic (exact) mass is 369 g/mol. The van der Waals surface area contributed by atoms with E-state index in [0.717, 1.165) is 35.1 Å². The topological polar surface area (TPSA) is 85.8 Å². The fraction of sp³-hybridized carbons (Fsp3) is 0.333. The first-order valence-corrected chi connectivity index (χ1v) is 9.42. The summed E-state index contributed by atoms with van der Waals surface area (Å²) in [5, 5.41) is 12.1. The third-order valence-corrected chi connectivity index (χ3v) is 5.24. The molecule has 0 aromatic carbocycles. The van der Waals surface area contributed by atoms with Crippen LogP contribution in [0.3, 0.4) is 0 Å². The van der Waals surface area contributed by atoms with Gasteiger partial charge in [0.2, 0.25) is 5.91 Å². The Hall–Kier alpha value is -2.61. The van der Waals surface area contributed by atoms with Crippen molar-refractivity contribution in [3.63, 3.8) is 0 Å². The lowest BCUT2D eigenvalue weighted by molar-refractivity contribution is -0.120. The fourth-order valence-electron chi connectivity index (χ4n) is 2.66. The zero-order valence-electron chi connectivity index (χ0n) is 14.3. The Bertz CT molecular complexity index is 874. The van der Waals surface area contributed by atoms with Gasteiger partial charge in [-0.3, -0.25) is 14.3 Å². The molecule has 7 nitrogen and oxygen atoms in total. The molecule has 1 N–H and O–H groups in total. The molecule has 3 aromatic rings. The molecule has 1 aliphatic rings. The third-order valence-electron chi connectivity index (χ3n) is 4.18. The van der Waals surface area contributed by atoms with Crippen LogP contribution in [0.2, 0.25) is 0 Å². The zero-order chi connectivity index (χ0) is 17.9. The number of nitrogens with zero attached hydrogens (tertiary/aromatic N) is 4. The number of pyridine rings is 1. The van der Waals surface area contributed by atoms with Crippen LogP contribution in [0.15, 0.2) is 52.5 Å². The first-order valence-electron chi connectivity index (χ1n) is 8.54. The average molecular weight is 369 g/mol. The number of hydrogen-bond donors (Lipinski definition) is 1. The third kappa shape index (κ3) is 3.65. The lowest BCUT2D eigenvalue weighted by Crippen LogP contribution is -2.30. The Morgan fingerprint density at radius 3 is 2.85 bits per heavy atom. The summed E-state index contributed by atoms with van der Waals surface area (Å²) in [5.41, 5.74) is 0.987. The number of carbonyl (C=O) groups is 1. The first kappa shape index (κ1) is 16.8. The molecule has 0 aliphatic heterocycles. The Morgan fingerprint density at radius 1 is 1.35 bits per heavy atom. The van der Waals surface area contributed by atoms with Crippen LogP contribution in [0.25, 0.3) is 11.4 Å². The van der Waals surface area contributed by atoms with Crippen molar-refractivity contribution in [3.8, 4) is 11.4 Å². The lowest BCUT2D eigenvalue weighted by atomic mass is 10.2. The van der Waals surface area contributed by atoms with E-state index in [1.165, 1.54) is 11.8 Å². The summed E-state index contributed by atoms with van der Waals surface area (Å²) in [6.07, 6.45) is 7.32. The number of rotatable bonds is 7. The van der Waals surface area contributed by atoms with Gasteiger partial charge >= 0.3 is 0 Å². The van der Waals surface area contributed by atoms with Gasteiger partial charge in [-0.2, -0.15) is 0 Å². The van der Waals surface area contributed by atoms with Crippen LogP contribution < -0.4 is 5.32 Å². The summed E-state index contributed by atoms with van der Waals surface area (Å²) in [6.45, 7) is 2.26. The summed E-state index contributed by atoms with van der Waals surface area (Å²) < 4.78 is 7.39. The van der Waals surface area contributed by atoms with Crippen molar-refractivity contribution >= 4 is 17.7 Å². The molecule has 3 aromatic heterocycles. The minimum Gasteiger partial charge on any atom is -0.467 e. The molecule has 0 radical (unpaired) electrons. The molecule has 1 unspecified atom stereocenters. The summed E-state index contributed by atoms with van der Waals surface area (Å²) in [5.74, 6) is 1.51.